The molecule has 1 aromatic carbocycles. The van der Waals surface area contributed by atoms with Crippen molar-refractivity contribution in [3.63, 3.8) is 0 Å². The topological polar surface area (TPSA) is 61.4 Å². The van der Waals surface area contributed by atoms with E-state index in [-0.39, 0.29) is 11.8 Å². The van der Waals surface area contributed by atoms with Crippen LogP contribution in [-0.4, -0.2) is 42.9 Å². The van der Waals surface area contributed by atoms with Gasteiger partial charge in [-0.05, 0) is 56.0 Å². The molecule has 1 aromatic rings. The Labute approximate surface area is 137 Å². The van der Waals surface area contributed by atoms with E-state index in [4.69, 9.17) is 0 Å². The second kappa shape index (κ2) is 7.59. The molecule has 2 amide bonds. The summed E-state index contributed by atoms with van der Waals surface area (Å²) >= 11 is 0. The fraction of sp³-hybridized carbons (Fsp3) is 0.556. The van der Waals surface area contributed by atoms with Gasteiger partial charge in [-0.25, -0.2) is 0 Å². The predicted molar refractivity (Wildman–Crippen MR) is 89.0 cm³/mol. The van der Waals surface area contributed by atoms with E-state index >= 15 is 0 Å². The standard InChI is InChI=1S/C18H25N3O2/c22-17-2-1-11-21(17)13-15-3-5-16(6-4-15)18(23)20-10-8-14-7-9-19-12-14/h3-6,14,19H,1-2,7-13H2,(H,20,23). The second-order valence-corrected chi connectivity index (χ2v) is 6.52. The van der Waals surface area contributed by atoms with Crippen LogP contribution in [0.2, 0.25) is 0 Å². The highest BCUT2D eigenvalue weighted by Crippen LogP contribution is 2.15. The Bertz CT molecular complexity index is 550. The molecule has 2 N–H and O–H groups in total. The highest BCUT2D eigenvalue weighted by atomic mass is 16.2. The van der Waals surface area contributed by atoms with Gasteiger partial charge < -0.3 is 15.5 Å². The Morgan fingerprint density at radius 1 is 1.30 bits per heavy atom. The van der Waals surface area contributed by atoms with Crippen LogP contribution in [0.3, 0.4) is 0 Å². The van der Waals surface area contributed by atoms with E-state index in [1.54, 1.807) is 0 Å². The van der Waals surface area contributed by atoms with Crippen LogP contribution in [0.1, 0.15) is 41.6 Å². The van der Waals surface area contributed by atoms with Crippen molar-refractivity contribution in [1.82, 2.24) is 15.5 Å². The molecule has 0 radical (unpaired) electrons. The molecule has 0 aromatic heterocycles. The highest BCUT2D eigenvalue weighted by Gasteiger charge is 2.20. The molecule has 2 fully saturated rings. The zero-order valence-electron chi connectivity index (χ0n) is 13.5. The summed E-state index contributed by atoms with van der Waals surface area (Å²) in [6.45, 7) is 4.39. The SMILES string of the molecule is O=C(NCCC1CCNC1)c1ccc(CN2CCCC2=O)cc1. The van der Waals surface area contributed by atoms with Crippen molar-refractivity contribution in [2.24, 2.45) is 5.92 Å². The molecule has 1 atom stereocenters. The monoisotopic (exact) mass is 315 g/mol. The summed E-state index contributed by atoms with van der Waals surface area (Å²) in [6.07, 6.45) is 3.86. The molecule has 2 aliphatic rings. The van der Waals surface area contributed by atoms with Crippen molar-refractivity contribution in [2.75, 3.05) is 26.2 Å². The van der Waals surface area contributed by atoms with Crippen LogP contribution < -0.4 is 10.6 Å². The number of carbonyl (C=O) groups excluding carboxylic acids is 2. The number of carbonyl (C=O) groups is 2. The van der Waals surface area contributed by atoms with Crippen LogP contribution in [0.5, 0.6) is 0 Å². The molecule has 0 spiro atoms. The first-order chi connectivity index (χ1) is 11.2. The third-order valence-electron chi connectivity index (χ3n) is 4.76. The maximum absolute atomic E-state index is 12.1. The van der Waals surface area contributed by atoms with Gasteiger partial charge in [0.05, 0.1) is 0 Å². The van der Waals surface area contributed by atoms with E-state index < -0.39 is 0 Å². The van der Waals surface area contributed by atoms with Gasteiger partial charge in [0.2, 0.25) is 5.91 Å². The molecule has 5 nitrogen and oxygen atoms in total. The molecule has 2 saturated heterocycles. The summed E-state index contributed by atoms with van der Waals surface area (Å²) in [6, 6.07) is 7.59. The largest absolute Gasteiger partial charge is 0.352 e. The average molecular weight is 315 g/mol. The third-order valence-corrected chi connectivity index (χ3v) is 4.76. The molecule has 2 aliphatic heterocycles. The molecule has 0 bridgehead atoms. The van der Waals surface area contributed by atoms with E-state index in [1.807, 2.05) is 29.2 Å². The number of nitrogens with one attached hydrogen (secondary N) is 2. The average Bonchev–Trinajstić information content (AvgIpc) is 3.21. The van der Waals surface area contributed by atoms with Gasteiger partial charge in [-0.15, -0.1) is 0 Å². The zero-order chi connectivity index (χ0) is 16.1. The van der Waals surface area contributed by atoms with Crippen molar-refractivity contribution in [2.45, 2.75) is 32.2 Å². The number of rotatable bonds is 6. The van der Waals surface area contributed by atoms with Gasteiger partial charge in [-0.3, -0.25) is 9.59 Å². The molecular formula is C18H25N3O2. The van der Waals surface area contributed by atoms with Crippen LogP contribution in [0.4, 0.5) is 0 Å². The number of hydrogen-bond acceptors (Lipinski definition) is 3. The van der Waals surface area contributed by atoms with Gasteiger partial charge in [-0.1, -0.05) is 12.1 Å². The van der Waals surface area contributed by atoms with Gasteiger partial charge in [-0.2, -0.15) is 0 Å². The van der Waals surface area contributed by atoms with Crippen molar-refractivity contribution in [3.8, 4) is 0 Å². The van der Waals surface area contributed by atoms with E-state index in [1.165, 1.54) is 6.42 Å². The number of amides is 2. The molecule has 23 heavy (non-hydrogen) atoms. The first-order valence-corrected chi connectivity index (χ1v) is 8.58. The van der Waals surface area contributed by atoms with Crippen LogP contribution in [-0.2, 0) is 11.3 Å². The van der Waals surface area contributed by atoms with E-state index in [2.05, 4.69) is 10.6 Å². The smallest absolute Gasteiger partial charge is 0.251 e. The maximum atomic E-state index is 12.1. The fourth-order valence-electron chi connectivity index (χ4n) is 3.31. The number of nitrogens with zero attached hydrogens (tertiary/aromatic N) is 1. The lowest BCUT2D eigenvalue weighted by Crippen LogP contribution is -2.26. The van der Waals surface area contributed by atoms with Gasteiger partial charge in [0, 0.05) is 31.6 Å². The number of benzene rings is 1. The molecule has 124 valence electrons. The van der Waals surface area contributed by atoms with Gasteiger partial charge in [0.1, 0.15) is 0 Å². The highest BCUT2D eigenvalue weighted by molar-refractivity contribution is 5.94. The minimum atomic E-state index is -0.0141. The minimum Gasteiger partial charge on any atom is -0.352 e. The molecule has 3 rings (SSSR count). The molecule has 5 heteroatoms. The molecular weight excluding hydrogens is 290 g/mol. The summed E-state index contributed by atoms with van der Waals surface area (Å²) in [7, 11) is 0. The summed E-state index contributed by atoms with van der Waals surface area (Å²) < 4.78 is 0. The number of likely N-dealkylation sites (tertiary alicyclic amines) is 1. The van der Waals surface area contributed by atoms with Crippen LogP contribution in [0.15, 0.2) is 24.3 Å². The molecule has 1 unspecified atom stereocenters. The lowest BCUT2D eigenvalue weighted by molar-refractivity contribution is -0.128. The predicted octanol–water partition coefficient (Wildman–Crippen LogP) is 1.54. The summed E-state index contributed by atoms with van der Waals surface area (Å²) in [4.78, 5) is 25.7. The lowest BCUT2D eigenvalue weighted by atomic mass is 10.1. The van der Waals surface area contributed by atoms with E-state index in [0.29, 0.717) is 24.4 Å². The van der Waals surface area contributed by atoms with Gasteiger partial charge in [0.25, 0.3) is 5.91 Å². The first-order valence-electron chi connectivity index (χ1n) is 8.58. The van der Waals surface area contributed by atoms with Gasteiger partial charge >= 0.3 is 0 Å². The van der Waals surface area contributed by atoms with Crippen molar-refractivity contribution < 1.29 is 9.59 Å². The van der Waals surface area contributed by atoms with Crippen molar-refractivity contribution >= 4 is 11.8 Å². The number of hydrogen-bond donors (Lipinski definition) is 2. The van der Waals surface area contributed by atoms with Crippen LogP contribution in [0, 0.1) is 5.92 Å². The van der Waals surface area contributed by atoms with Crippen molar-refractivity contribution in [3.05, 3.63) is 35.4 Å². The Morgan fingerprint density at radius 3 is 2.78 bits per heavy atom. The molecule has 0 aliphatic carbocycles. The van der Waals surface area contributed by atoms with E-state index in [0.717, 1.165) is 44.6 Å². The van der Waals surface area contributed by atoms with E-state index in [9.17, 15) is 9.59 Å². The molecule has 0 saturated carbocycles. The summed E-state index contributed by atoms with van der Waals surface area (Å²) in [5, 5.41) is 6.33. The lowest BCUT2D eigenvalue weighted by Gasteiger charge is -2.15. The van der Waals surface area contributed by atoms with Crippen LogP contribution >= 0.6 is 0 Å². The first kappa shape index (κ1) is 16.0. The zero-order valence-corrected chi connectivity index (χ0v) is 13.5. The summed E-state index contributed by atoms with van der Waals surface area (Å²) in [5.74, 6) is 0.906. The van der Waals surface area contributed by atoms with Crippen molar-refractivity contribution in [1.29, 1.82) is 0 Å². The summed E-state index contributed by atoms with van der Waals surface area (Å²) in [5.41, 5.74) is 1.76. The fourth-order valence-corrected chi connectivity index (χ4v) is 3.31. The Balaban J connectivity index is 1.46. The normalized spacial score (nSPS) is 21.0. The van der Waals surface area contributed by atoms with Gasteiger partial charge in [0.15, 0.2) is 0 Å². The van der Waals surface area contributed by atoms with Crippen LogP contribution in [0.25, 0.3) is 0 Å². The second-order valence-electron chi connectivity index (χ2n) is 6.52. The minimum absolute atomic E-state index is 0.0141. The Morgan fingerprint density at radius 2 is 2.13 bits per heavy atom. The Kier molecular flexibility index (Phi) is 5.28. The Hall–Kier alpha value is -1.88. The maximum Gasteiger partial charge on any atom is 0.251 e. The third kappa shape index (κ3) is 4.32. The quantitative estimate of drug-likeness (QED) is 0.837. The molecule has 2 heterocycles.